The van der Waals surface area contributed by atoms with Crippen molar-refractivity contribution < 1.29 is 14.7 Å². The van der Waals surface area contributed by atoms with E-state index in [1.54, 1.807) is 0 Å². The number of halogens is 1. The number of nitrogens with one attached hydrogen (secondary N) is 1. The van der Waals surface area contributed by atoms with Crippen molar-refractivity contribution in [2.24, 2.45) is 5.92 Å². The lowest BCUT2D eigenvalue weighted by Gasteiger charge is -2.14. The smallest absolute Gasteiger partial charge is 0.326 e. The Labute approximate surface area is 125 Å². The highest BCUT2D eigenvalue weighted by atomic mass is 35.5. The van der Waals surface area contributed by atoms with Crippen LogP contribution >= 0.6 is 11.6 Å². The molecule has 0 aliphatic heterocycles. The maximum absolute atomic E-state index is 10.6. The predicted molar refractivity (Wildman–Crippen MR) is 80.9 cm³/mol. The SMILES string of the molecule is CC(=O)NC(CC(C)C)C(=O)O.Cc1cccc(Cl)c1. The molecule has 1 unspecified atom stereocenters. The lowest BCUT2D eigenvalue weighted by molar-refractivity contribution is -0.142. The Morgan fingerprint density at radius 2 is 1.95 bits per heavy atom. The highest BCUT2D eigenvalue weighted by Crippen LogP contribution is 2.08. The van der Waals surface area contributed by atoms with Gasteiger partial charge in [0.05, 0.1) is 0 Å². The third kappa shape index (κ3) is 9.39. The van der Waals surface area contributed by atoms with E-state index in [4.69, 9.17) is 16.7 Å². The monoisotopic (exact) mass is 299 g/mol. The molecule has 0 saturated heterocycles. The second kappa shape index (κ2) is 9.37. The summed E-state index contributed by atoms with van der Waals surface area (Å²) in [7, 11) is 0. The van der Waals surface area contributed by atoms with E-state index in [-0.39, 0.29) is 11.8 Å². The van der Waals surface area contributed by atoms with Crippen LogP contribution in [-0.4, -0.2) is 23.0 Å². The molecule has 0 radical (unpaired) electrons. The fourth-order valence-corrected chi connectivity index (χ4v) is 1.79. The second-order valence-electron chi connectivity index (χ2n) is 5.02. The molecule has 4 nitrogen and oxygen atoms in total. The Balaban J connectivity index is 0.000000388. The van der Waals surface area contributed by atoms with E-state index in [1.165, 1.54) is 12.5 Å². The van der Waals surface area contributed by atoms with Gasteiger partial charge < -0.3 is 10.4 Å². The molecule has 0 spiro atoms. The molecule has 0 bridgehead atoms. The largest absolute Gasteiger partial charge is 0.480 e. The number of hydrogen-bond donors (Lipinski definition) is 2. The molecule has 5 heteroatoms. The molecule has 1 atom stereocenters. The summed E-state index contributed by atoms with van der Waals surface area (Å²) in [6.45, 7) is 7.16. The third-order valence-corrected chi connectivity index (χ3v) is 2.60. The first-order valence-corrected chi connectivity index (χ1v) is 6.82. The molecule has 2 N–H and O–H groups in total. The summed E-state index contributed by atoms with van der Waals surface area (Å²) in [5.41, 5.74) is 1.21. The van der Waals surface area contributed by atoms with Gasteiger partial charge in [0, 0.05) is 11.9 Å². The minimum absolute atomic E-state index is 0.262. The number of rotatable bonds is 4. The van der Waals surface area contributed by atoms with E-state index in [0.717, 1.165) is 5.02 Å². The van der Waals surface area contributed by atoms with Crippen molar-refractivity contribution in [1.82, 2.24) is 5.32 Å². The summed E-state index contributed by atoms with van der Waals surface area (Å²) in [5.74, 6) is -1.01. The lowest BCUT2D eigenvalue weighted by Crippen LogP contribution is -2.40. The van der Waals surface area contributed by atoms with Crippen LogP contribution < -0.4 is 5.32 Å². The van der Waals surface area contributed by atoms with E-state index in [2.05, 4.69) is 5.32 Å². The molecular formula is C15H22ClNO3. The van der Waals surface area contributed by atoms with E-state index >= 15 is 0 Å². The van der Waals surface area contributed by atoms with Crippen LogP contribution in [0.15, 0.2) is 24.3 Å². The Hall–Kier alpha value is -1.55. The number of carbonyl (C=O) groups excluding carboxylic acids is 1. The molecule has 0 aromatic heterocycles. The van der Waals surface area contributed by atoms with Crippen molar-refractivity contribution in [2.75, 3.05) is 0 Å². The van der Waals surface area contributed by atoms with Gasteiger partial charge in [0.15, 0.2) is 0 Å². The predicted octanol–water partition coefficient (Wildman–Crippen LogP) is 3.27. The van der Waals surface area contributed by atoms with E-state index in [0.29, 0.717) is 6.42 Å². The molecule has 0 aliphatic rings. The topological polar surface area (TPSA) is 66.4 Å². The normalized spacial score (nSPS) is 11.3. The second-order valence-corrected chi connectivity index (χ2v) is 5.46. The average Bonchev–Trinajstić information content (AvgIpc) is 2.27. The Morgan fingerprint density at radius 3 is 2.25 bits per heavy atom. The summed E-state index contributed by atoms with van der Waals surface area (Å²) in [6.07, 6.45) is 0.467. The zero-order valence-electron chi connectivity index (χ0n) is 12.3. The number of carboxylic acid groups (broad SMARTS) is 1. The first-order chi connectivity index (χ1) is 9.22. The molecule has 20 heavy (non-hydrogen) atoms. The molecule has 0 saturated carbocycles. The zero-order chi connectivity index (χ0) is 15.7. The highest BCUT2D eigenvalue weighted by Gasteiger charge is 2.18. The number of aliphatic carboxylic acids is 1. The third-order valence-electron chi connectivity index (χ3n) is 2.36. The first kappa shape index (κ1) is 18.4. The van der Waals surface area contributed by atoms with Gasteiger partial charge in [-0.15, -0.1) is 0 Å². The molecule has 1 aromatic rings. The van der Waals surface area contributed by atoms with Gasteiger partial charge in [-0.25, -0.2) is 4.79 Å². The molecule has 0 fully saturated rings. The summed E-state index contributed by atoms with van der Waals surface area (Å²) in [5, 5.41) is 11.8. The maximum Gasteiger partial charge on any atom is 0.326 e. The van der Waals surface area contributed by atoms with Gasteiger partial charge in [0.1, 0.15) is 6.04 Å². The van der Waals surface area contributed by atoms with Gasteiger partial charge in [0.25, 0.3) is 0 Å². The van der Waals surface area contributed by atoms with Crippen LogP contribution in [0.5, 0.6) is 0 Å². The molecule has 1 rings (SSSR count). The minimum Gasteiger partial charge on any atom is -0.480 e. The van der Waals surface area contributed by atoms with Crippen LogP contribution in [0.3, 0.4) is 0 Å². The fraction of sp³-hybridized carbons (Fsp3) is 0.467. The maximum atomic E-state index is 10.6. The molecular weight excluding hydrogens is 278 g/mol. The molecule has 0 heterocycles. The van der Waals surface area contributed by atoms with Crippen LogP contribution in [0.4, 0.5) is 0 Å². The first-order valence-electron chi connectivity index (χ1n) is 6.44. The van der Waals surface area contributed by atoms with E-state index < -0.39 is 12.0 Å². The number of aryl methyl sites for hydroxylation is 1. The number of amides is 1. The summed E-state index contributed by atoms with van der Waals surface area (Å²) in [6, 6.07) is 7.02. The minimum atomic E-state index is -0.973. The van der Waals surface area contributed by atoms with Gasteiger partial charge in [-0.05, 0) is 37.0 Å². The highest BCUT2D eigenvalue weighted by molar-refractivity contribution is 6.30. The van der Waals surface area contributed by atoms with Crippen molar-refractivity contribution in [3.63, 3.8) is 0 Å². The molecule has 112 valence electrons. The van der Waals surface area contributed by atoms with Gasteiger partial charge in [0.2, 0.25) is 5.91 Å². The summed E-state index contributed by atoms with van der Waals surface area (Å²) < 4.78 is 0. The van der Waals surface area contributed by atoms with E-state index in [1.807, 2.05) is 45.0 Å². The fourth-order valence-electron chi connectivity index (χ4n) is 1.54. The number of carbonyl (C=O) groups is 2. The molecule has 1 aromatic carbocycles. The quantitative estimate of drug-likeness (QED) is 0.896. The standard InChI is InChI=1S/C8H15NO3.C7H7Cl/c1-5(2)4-7(8(11)12)9-6(3)10;1-6-3-2-4-7(8)5-6/h5,7H,4H2,1-3H3,(H,9,10)(H,11,12);2-5H,1H3. The Bertz CT molecular complexity index is 429. The number of hydrogen-bond acceptors (Lipinski definition) is 2. The van der Waals surface area contributed by atoms with Crippen molar-refractivity contribution in [2.45, 2.75) is 40.2 Å². The van der Waals surface area contributed by atoms with Crippen molar-refractivity contribution in [1.29, 1.82) is 0 Å². The number of benzene rings is 1. The molecule has 0 aliphatic carbocycles. The van der Waals surface area contributed by atoms with Crippen LogP contribution in [0.1, 0.15) is 32.8 Å². The van der Waals surface area contributed by atoms with Crippen molar-refractivity contribution in [3.8, 4) is 0 Å². The Morgan fingerprint density at radius 1 is 1.35 bits per heavy atom. The van der Waals surface area contributed by atoms with Crippen molar-refractivity contribution >= 4 is 23.5 Å². The van der Waals surface area contributed by atoms with Crippen LogP contribution in [-0.2, 0) is 9.59 Å². The van der Waals surface area contributed by atoms with Gasteiger partial charge in [-0.1, -0.05) is 37.6 Å². The average molecular weight is 300 g/mol. The van der Waals surface area contributed by atoms with Crippen LogP contribution in [0, 0.1) is 12.8 Å². The van der Waals surface area contributed by atoms with Gasteiger partial charge in [-0.3, -0.25) is 4.79 Å². The molecule has 1 amide bonds. The summed E-state index contributed by atoms with van der Waals surface area (Å²) >= 11 is 5.64. The number of carboxylic acids is 1. The van der Waals surface area contributed by atoms with Crippen LogP contribution in [0.25, 0.3) is 0 Å². The Kier molecular flexibility index (Phi) is 8.64. The van der Waals surface area contributed by atoms with E-state index in [9.17, 15) is 9.59 Å². The summed E-state index contributed by atoms with van der Waals surface area (Å²) in [4.78, 5) is 21.1. The van der Waals surface area contributed by atoms with Gasteiger partial charge >= 0.3 is 5.97 Å². The lowest BCUT2D eigenvalue weighted by atomic mass is 10.0. The van der Waals surface area contributed by atoms with Crippen molar-refractivity contribution in [3.05, 3.63) is 34.9 Å². The van der Waals surface area contributed by atoms with Crippen LogP contribution in [0.2, 0.25) is 5.02 Å². The zero-order valence-corrected chi connectivity index (χ0v) is 13.1. The van der Waals surface area contributed by atoms with Gasteiger partial charge in [-0.2, -0.15) is 0 Å².